The minimum Gasteiger partial charge on any atom is -0.376 e. The summed E-state index contributed by atoms with van der Waals surface area (Å²) in [6.45, 7) is 3.88. The summed E-state index contributed by atoms with van der Waals surface area (Å²) in [5, 5.41) is 1.48. The molecule has 4 fully saturated rings. The zero-order chi connectivity index (χ0) is 18.1. The van der Waals surface area contributed by atoms with Crippen molar-refractivity contribution in [2.45, 2.75) is 37.3 Å². The second kappa shape index (κ2) is 5.65. The number of hydrogen-bond acceptors (Lipinski definition) is 4. The van der Waals surface area contributed by atoms with Crippen LogP contribution in [0.4, 0.5) is 5.69 Å². The SMILES string of the molecule is C/C=C1/CN(C)[C@H]2C[C@@]3(C(=O)N(OC)c4ccccc43)[C@H]3C[C@@H]1[C@@H]2CO3. The maximum Gasteiger partial charge on any atom is 0.264 e. The van der Waals surface area contributed by atoms with Crippen molar-refractivity contribution < 1.29 is 14.4 Å². The van der Waals surface area contributed by atoms with Crippen molar-refractivity contribution in [2.75, 3.05) is 32.4 Å². The van der Waals surface area contributed by atoms with Gasteiger partial charge >= 0.3 is 0 Å². The monoisotopic (exact) mass is 354 g/mol. The summed E-state index contributed by atoms with van der Waals surface area (Å²) in [5.41, 5.74) is 2.80. The third kappa shape index (κ3) is 1.89. The number of carbonyl (C=O) groups excluding carboxylic acids is 1. The van der Waals surface area contributed by atoms with E-state index in [9.17, 15) is 4.79 Å². The van der Waals surface area contributed by atoms with Gasteiger partial charge in [0.15, 0.2) is 0 Å². The molecular formula is C21H26N2O3. The first-order chi connectivity index (χ1) is 12.6. The first kappa shape index (κ1) is 16.5. The maximum absolute atomic E-state index is 13.6. The van der Waals surface area contributed by atoms with Crippen LogP contribution >= 0.6 is 0 Å². The van der Waals surface area contributed by atoms with Crippen LogP contribution in [0.15, 0.2) is 35.9 Å². The van der Waals surface area contributed by atoms with E-state index in [0.717, 1.165) is 37.2 Å². The average Bonchev–Trinajstić information content (AvgIpc) is 2.77. The maximum atomic E-state index is 13.6. The number of fused-ring (bicyclic) bond motifs is 2. The highest BCUT2D eigenvalue weighted by Gasteiger charge is 2.63. The smallest absolute Gasteiger partial charge is 0.264 e. The summed E-state index contributed by atoms with van der Waals surface area (Å²) < 4.78 is 6.38. The summed E-state index contributed by atoms with van der Waals surface area (Å²) in [5.74, 6) is 1.03. The highest BCUT2D eigenvalue weighted by atomic mass is 16.7. The van der Waals surface area contributed by atoms with Crippen LogP contribution in [0.25, 0.3) is 0 Å². The van der Waals surface area contributed by atoms with E-state index in [0.29, 0.717) is 17.9 Å². The Bertz CT molecular complexity index is 791. The Morgan fingerprint density at radius 3 is 2.92 bits per heavy atom. The molecule has 138 valence electrons. The molecule has 1 aromatic rings. The van der Waals surface area contributed by atoms with Gasteiger partial charge in [-0.3, -0.25) is 14.5 Å². The fourth-order valence-corrected chi connectivity index (χ4v) is 6.01. The van der Waals surface area contributed by atoms with E-state index in [2.05, 4.69) is 31.0 Å². The van der Waals surface area contributed by atoms with Gasteiger partial charge in [0.1, 0.15) is 5.41 Å². The van der Waals surface area contributed by atoms with Crippen molar-refractivity contribution in [1.29, 1.82) is 0 Å². The summed E-state index contributed by atoms with van der Waals surface area (Å²) in [6.07, 6.45) is 3.91. The lowest BCUT2D eigenvalue weighted by Crippen LogP contribution is -2.50. The lowest BCUT2D eigenvalue weighted by Gasteiger charge is -2.46. The molecule has 3 saturated heterocycles. The highest BCUT2D eigenvalue weighted by molar-refractivity contribution is 6.07. The van der Waals surface area contributed by atoms with Crippen molar-refractivity contribution >= 4 is 11.6 Å². The molecule has 1 aliphatic carbocycles. The number of likely N-dealkylation sites (N-methyl/N-ethyl adjacent to an activating group) is 1. The van der Waals surface area contributed by atoms with Gasteiger partial charge < -0.3 is 4.74 Å². The van der Waals surface area contributed by atoms with Gasteiger partial charge in [-0.15, -0.1) is 0 Å². The molecule has 4 bridgehead atoms. The van der Waals surface area contributed by atoms with Crippen molar-refractivity contribution in [3.05, 3.63) is 41.5 Å². The first-order valence-electron chi connectivity index (χ1n) is 9.57. The van der Waals surface area contributed by atoms with Gasteiger partial charge in [0.05, 0.1) is 25.5 Å². The van der Waals surface area contributed by atoms with Crippen LogP contribution in [0.5, 0.6) is 0 Å². The van der Waals surface area contributed by atoms with Crippen LogP contribution < -0.4 is 5.06 Å². The van der Waals surface area contributed by atoms with E-state index in [1.54, 1.807) is 7.11 Å². The van der Waals surface area contributed by atoms with Crippen LogP contribution in [0.1, 0.15) is 25.3 Å². The molecule has 6 rings (SSSR count). The number of likely N-dealkylation sites (tertiary alicyclic amines) is 1. The standard InChI is InChI=1S/C21H26N2O3/c1-4-13-11-22(2)18-10-21(19-9-14(13)15(18)12-26-19)16-7-5-6-8-17(16)23(25-3)20(21)24/h4-8,14-15,18-19H,9-12H2,1-3H3/b13-4-/t14-,15-,18-,19+,21-/m0/s1. The number of allylic oxidation sites excluding steroid dienone is 1. The summed E-state index contributed by atoms with van der Waals surface area (Å²) in [6, 6.07) is 8.42. The van der Waals surface area contributed by atoms with Gasteiger partial charge in [-0.2, -0.15) is 5.06 Å². The number of nitrogens with zero attached hydrogens (tertiary/aromatic N) is 2. The Labute approximate surface area is 154 Å². The predicted octanol–water partition coefficient (Wildman–Crippen LogP) is 2.52. The molecule has 1 saturated carbocycles. The van der Waals surface area contributed by atoms with Gasteiger partial charge in [0.25, 0.3) is 5.91 Å². The molecule has 5 nitrogen and oxygen atoms in total. The Morgan fingerprint density at radius 2 is 2.15 bits per heavy atom. The number of carbonyl (C=O) groups is 1. The Kier molecular flexibility index (Phi) is 3.58. The third-order valence-corrected chi connectivity index (χ3v) is 7.25. The molecule has 0 unspecified atom stereocenters. The lowest BCUT2D eigenvalue weighted by atomic mass is 9.72. The molecule has 26 heavy (non-hydrogen) atoms. The second-order valence-corrected chi connectivity index (χ2v) is 8.15. The van der Waals surface area contributed by atoms with Crippen LogP contribution in [0.3, 0.4) is 0 Å². The number of rotatable bonds is 1. The largest absolute Gasteiger partial charge is 0.376 e. The minimum atomic E-state index is -0.641. The van der Waals surface area contributed by atoms with Crippen LogP contribution in [0, 0.1) is 11.8 Å². The van der Waals surface area contributed by atoms with E-state index >= 15 is 0 Å². The number of piperidine rings is 1. The number of hydroxylamine groups is 1. The molecule has 5 heteroatoms. The molecule has 1 aromatic carbocycles. The number of hydrogen-bond donors (Lipinski definition) is 0. The van der Waals surface area contributed by atoms with Gasteiger partial charge in [-0.05, 0) is 44.4 Å². The molecule has 0 N–H and O–H groups in total. The topological polar surface area (TPSA) is 42.0 Å². The second-order valence-electron chi connectivity index (χ2n) is 8.15. The van der Waals surface area contributed by atoms with E-state index in [-0.39, 0.29) is 12.0 Å². The van der Waals surface area contributed by atoms with Gasteiger partial charge in [0.2, 0.25) is 0 Å². The number of amides is 1. The number of ether oxygens (including phenoxy) is 1. The molecule has 1 spiro atoms. The van der Waals surface area contributed by atoms with Crippen molar-refractivity contribution in [2.24, 2.45) is 11.8 Å². The number of anilines is 1. The predicted molar refractivity (Wildman–Crippen MR) is 98.7 cm³/mol. The number of benzene rings is 1. The molecule has 4 aliphatic heterocycles. The zero-order valence-corrected chi connectivity index (χ0v) is 15.6. The first-order valence-corrected chi connectivity index (χ1v) is 9.57. The van der Waals surface area contributed by atoms with E-state index in [1.807, 2.05) is 18.2 Å². The molecule has 0 aromatic heterocycles. The van der Waals surface area contributed by atoms with Crippen molar-refractivity contribution in [3.63, 3.8) is 0 Å². The lowest BCUT2D eigenvalue weighted by molar-refractivity contribution is -0.137. The van der Waals surface area contributed by atoms with Crippen LogP contribution in [0.2, 0.25) is 0 Å². The van der Waals surface area contributed by atoms with Gasteiger partial charge in [-0.25, -0.2) is 0 Å². The van der Waals surface area contributed by atoms with E-state index in [1.165, 1.54) is 10.6 Å². The third-order valence-electron chi connectivity index (χ3n) is 7.25. The summed E-state index contributed by atoms with van der Waals surface area (Å²) in [4.78, 5) is 21.6. The molecule has 4 heterocycles. The number of para-hydroxylation sites is 1. The molecule has 5 aliphatic rings. The van der Waals surface area contributed by atoms with Crippen LogP contribution in [-0.2, 0) is 19.8 Å². The Morgan fingerprint density at radius 1 is 1.35 bits per heavy atom. The molecule has 1 amide bonds. The van der Waals surface area contributed by atoms with Crippen LogP contribution in [-0.4, -0.2) is 50.3 Å². The fraction of sp³-hybridized carbons (Fsp3) is 0.571. The highest BCUT2D eigenvalue weighted by Crippen LogP contribution is 2.57. The zero-order valence-electron chi connectivity index (χ0n) is 15.6. The van der Waals surface area contributed by atoms with E-state index in [4.69, 9.17) is 9.57 Å². The summed E-state index contributed by atoms with van der Waals surface area (Å²) in [7, 11) is 3.77. The average molecular weight is 354 g/mol. The Hall–Kier alpha value is -1.69. The van der Waals surface area contributed by atoms with Crippen molar-refractivity contribution in [1.82, 2.24) is 4.90 Å². The normalized spacial score (nSPS) is 40.3. The minimum absolute atomic E-state index is 0.0369. The molecular weight excluding hydrogens is 328 g/mol. The Balaban J connectivity index is 1.70. The van der Waals surface area contributed by atoms with Gasteiger partial charge in [-0.1, -0.05) is 29.8 Å². The van der Waals surface area contributed by atoms with E-state index < -0.39 is 5.41 Å². The van der Waals surface area contributed by atoms with Crippen molar-refractivity contribution in [3.8, 4) is 0 Å². The fourth-order valence-electron chi connectivity index (χ4n) is 6.01. The van der Waals surface area contributed by atoms with Gasteiger partial charge in [0, 0.05) is 18.5 Å². The molecule has 5 atom stereocenters. The molecule has 0 radical (unpaired) electrons. The quantitative estimate of drug-likeness (QED) is 0.727. The summed E-state index contributed by atoms with van der Waals surface area (Å²) >= 11 is 0.